The van der Waals surface area contributed by atoms with Crippen molar-refractivity contribution in [2.45, 2.75) is 24.7 Å². The average Bonchev–Trinajstić information content (AvgIpc) is 2.70. The molecular weight excluding hydrogens is 186 g/mol. The standard InChI is InChI=1S/C10H12F2N2/c1-7-8(3-2-4-14-7)9(6-13)5-10(9,11)12/h2-4H,5-6,13H2,1H3. The number of alkyl halides is 2. The summed E-state index contributed by atoms with van der Waals surface area (Å²) in [7, 11) is 0. The molecule has 14 heavy (non-hydrogen) atoms. The lowest BCUT2D eigenvalue weighted by Gasteiger charge is -2.15. The minimum Gasteiger partial charge on any atom is -0.329 e. The fourth-order valence-corrected chi connectivity index (χ4v) is 1.95. The van der Waals surface area contributed by atoms with Crippen LogP contribution in [0.2, 0.25) is 0 Å². The van der Waals surface area contributed by atoms with Gasteiger partial charge in [0.2, 0.25) is 0 Å². The van der Waals surface area contributed by atoms with Crippen LogP contribution in [-0.2, 0) is 5.41 Å². The van der Waals surface area contributed by atoms with Gasteiger partial charge in [-0.05, 0) is 18.6 Å². The Kier molecular flexibility index (Phi) is 1.86. The smallest absolute Gasteiger partial charge is 0.260 e. The molecule has 2 nitrogen and oxygen atoms in total. The van der Waals surface area contributed by atoms with Gasteiger partial charge < -0.3 is 5.73 Å². The second kappa shape index (κ2) is 2.73. The molecule has 2 N–H and O–H groups in total. The number of nitrogens with zero attached hydrogens (tertiary/aromatic N) is 1. The van der Waals surface area contributed by atoms with Crippen molar-refractivity contribution in [3.05, 3.63) is 29.6 Å². The van der Waals surface area contributed by atoms with Gasteiger partial charge in [-0.15, -0.1) is 0 Å². The van der Waals surface area contributed by atoms with E-state index in [1.165, 1.54) is 0 Å². The molecule has 0 amide bonds. The van der Waals surface area contributed by atoms with Gasteiger partial charge in [0.1, 0.15) is 0 Å². The maximum Gasteiger partial charge on any atom is 0.260 e. The first-order valence-electron chi connectivity index (χ1n) is 4.53. The fourth-order valence-electron chi connectivity index (χ4n) is 1.95. The molecule has 0 spiro atoms. The van der Waals surface area contributed by atoms with E-state index in [1.807, 2.05) is 0 Å². The first kappa shape index (κ1) is 9.52. The van der Waals surface area contributed by atoms with Crippen molar-refractivity contribution in [2.24, 2.45) is 5.73 Å². The first-order valence-corrected chi connectivity index (χ1v) is 4.53. The van der Waals surface area contributed by atoms with Crippen molar-refractivity contribution in [3.8, 4) is 0 Å². The van der Waals surface area contributed by atoms with Gasteiger partial charge >= 0.3 is 0 Å². The third kappa shape index (κ3) is 1.07. The number of hydrogen-bond donors (Lipinski definition) is 1. The van der Waals surface area contributed by atoms with E-state index in [0.29, 0.717) is 11.3 Å². The second-order valence-corrected chi connectivity index (χ2v) is 3.80. The molecule has 1 aliphatic rings. The lowest BCUT2D eigenvalue weighted by Crippen LogP contribution is -2.27. The number of hydrogen-bond acceptors (Lipinski definition) is 2. The van der Waals surface area contributed by atoms with Gasteiger partial charge in [0.05, 0.1) is 5.41 Å². The molecule has 1 fully saturated rings. The van der Waals surface area contributed by atoms with E-state index in [0.717, 1.165) is 0 Å². The molecule has 76 valence electrons. The van der Waals surface area contributed by atoms with Crippen LogP contribution in [0.15, 0.2) is 18.3 Å². The lowest BCUT2D eigenvalue weighted by molar-refractivity contribution is 0.0893. The van der Waals surface area contributed by atoms with E-state index in [-0.39, 0.29) is 13.0 Å². The molecule has 1 aromatic rings. The van der Waals surface area contributed by atoms with Crippen LogP contribution in [0.1, 0.15) is 17.7 Å². The maximum absolute atomic E-state index is 13.2. The summed E-state index contributed by atoms with van der Waals surface area (Å²) in [6.07, 6.45) is 1.45. The third-order valence-electron chi connectivity index (χ3n) is 2.97. The van der Waals surface area contributed by atoms with E-state index in [1.54, 1.807) is 25.3 Å². The van der Waals surface area contributed by atoms with E-state index >= 15 is 0 Å². The molecule has 2 rings (SSSR count). The van der Waals surface area contributed by atoms with Crippen LogP contribution in [0, 0.1) is 6.92 Å². The van der Waals surface area contributed by atoms with Gasteiger partial charge in [-0.25, -0.2) is 8.78 Å². The molecule has 1 atom stereocenters. The molecule has 1 aliphatic carbocycles. The fraction of sp³-hybridized carbons (Fsp3) is 0.500. The highest BCUT2D eigenvalue weighted by atomic mass is 19.3. The zero-order valence-electron chi connectivity index (χ0n) is 7.93. The van der Waals surface area contributed by atoms with Gasteiger partial charge in [0.15, 0.2) is 0 Å². The number of halogens is 2. The number of pyridine rings is 1. The molecule has 1 unspecified atom stereocenters. The summed E-state index contributed by atoms with van der Waals surface area (Å²) in [6.45, 7) is 1.72. The Hall–Kier alpha value is -1.03. The normalized spacial score (nSPS) is 28.9. The topological polar surface area (TPSA) is 38.9 Å². The second-order valence-electron chi connectivity index (χ2n) is 3.80. The summed E-state index contributed by atoms with van der Waals surface area (Å²) in [5.41, 5.74) is 5.53. The van der Waals surface area contributed by atoms with Gasteiger partial charge in [0.25, 0.3) is 5.92 Å². The minimum absolute atomic E-state index is 0.0213. The summed E-state index contributed by atoms with van der Waals surface area (Å²) < 4.78 is 26.4. The highest BCUT2D eigenvalue weighted by molar-refractivity contribution is 5.40. The number of aryl methyl sites for hydroxylation is 1. The molecule has 0 aromatic carbocycles. The number of rotatable bonds is 2. The van der Waals surface area contributed by atoms with E-state index in [9.17, 15) is 8.78 Å². The average molecular weight is 198 g/mol. The summed E-state index contributed by atoms with van der Waals surface area (Å²) in [5, 5.41) is 0. The van der Waals surface area contributed by atoms with Crippen LogP contribution in [-0.4, -0.2) is 17.5 Å². The van der Waals surface area contributed by atoms with Crippen molar-refractivity contribution < 1.29 is 8.78 Å². The highest BCUT2D eigenvalue weighted by Gasteiger charge is 2.71. The molecular formula is C10H12F2N2. The highest BCUT2D eigenvalue weighted by Crippen LogP contribution is 2.61. The molecule has 1 heterocycles. The van der Waals surface area contributed by atoms with Crippen LogP contribution in [0.5, 0.6) is 0 Å². The van der Waals surface area contributed by atoms with Crippen LogP contribution in [0.3, 0.4) is 0 Å². The molecule has 0 bridgehead atoms. The molecule has 0 saturated heterocycles. The van der Waals surface area contributed by atoms with Crippen LogP contribution >= 0.6 is 0 Å². The summed E-state index contributed by atoms with van der Waals surface area (Å²) in [6, 6.07) is 3.37. The summed E-state index contributed by atoms with van der Waals surface area (Å²) >= 11 is 0. The zero-order chi connectivity index (χ0) is 10.4. The van der Waals surface area contributed by atoms with E-state index in [4.69, 9.17) is 5.73 Å². The predicted octanol–water partition coefficient (Wildman–Crippen LogP) is 1.63. The van der Waals surface area contributed by atoms with Crippen molar-refractivity contribution in [3.63, 3.8) is 0 Å². The Morgan fingerprint density at radius 2 is 2.21 bits per heavy atom. The van der Waals surface area contributed by atoms with Gasteiger partial charge in [-0.1, -0.05) is 6.07 Å². The monoisotopic (exact) mass is 198 g/mol. The predicted molar refractivity (Wildman–Crippen MR) is 49.3 cm³/mol. The van der Waals surface area contributed by atoms with Crippen molar-refractivity contribution in [1.82, 2.24) is 4.98 Å². The molecule has 4 heteroatoms. The molecule has 0 radical (unpaired) electrons. The summed E-state index contributed by atoms with van der Waals surface area (Å²) in [5.74, 6) is -2.66. The summed E-state index contributed by atoms with van der Waals surface area (Å²) in [4.78, 5) is 4.01. The Bertz CT molecular complexity index is 365. The van der Waals surface area contributed by atoms with Crippen LogP contribution in [0.25, 0.3) is 0 Å². The number of aromatic nitrogens is 1. The lowest BCUT2D eigenvalue weighted by atomic mass is 9.94. The third-order valence-corrected chi connectivity index (χ3v) is 2.97. The van der Waals surface area contributed by atoms with Crippen molar-refractivity contribution >= 4 is 0 Å². The van der Waals surface area contributed by atoms with E-state index in [2.05, 4.69) is 4.98 Å². The Morgan fingerprint density at radius 1 is 1.57 bits per heavy atom. The Balaban J connectivity index is 2.46. The minimum atomic E-state index is -2.66. The van der Waals surface area contributed by atoms with Crippen molar-refractivity contribution in [1.29, 1.82) is 0 Å². The SMILES string of the molecule is Cc1ncccc1C1(CN)CC1(F)F. The maximum atomic E-state index is 13.2. The molecule has 0 aliphatic heterocycles. The molecule has 1 saturated carbocycles. The Morgan fingerprint density at radius 3 is 2.64 bits per heavy atom. The van der Waals surface area contributed by atoms with Gasteiger partial charge in [-0.2, -0.15) is 0 Å². The van der Waals surface area contributed by atoms with Gasteiger partial charge in [0, 0.05) is 24.9 Å². The zero-order valence-corrected chi connectivity index (χ0v) is 7.93. The largest absolute Gasteiger partial charge is 0.329 e. The number of nitrogens with two attached hydrogens (primary N) is 1. The molecule has 1 aromatic heterocycles. The van der Waals surface area contributed by atoms with E-state index < -0.39 is 11.3 Å². The van der Waals surface area contributed by atoms with Crippen molar-refractivity contribution in [2.75, 3.05) is 6.54 Å². The quantitative estimate of drug-likeness (QED) is 0.784. The van der Waals surface area contributed by atoms with Crippen LogP contribution < -0.4 is 5.73 Å². The first-order chi connectivity index (χ1) is 6.53. The van der Waals surface area contributed by atoms with Crippen LogP contribution in [0.4, 0.5) is 8.78 Å². The van der Waals surface area contributed by atoms with Gasteiger partial charge in [-0.3, -0.25) is 4.98 Å². The Labute approximate surface area is 81.1 Å².